The molecule has 2 aliphatic rings. The van der Waals surface area contributed by atoms with Gasteiger partial charge in [-0.25, -0.2) is 0 Å². The highest BCUT2D eigenvalue weighted by molar-refractivity contribution is 6.18. The third-order valence-corrected chi connectivity index (χ3v) is 4.01. The Kier molecular flexibility index (Phi) is 2.61. The Hall–Kier alpha value is 0.250. The zero-order valence-electron chi connectivity index (χ0n) is 7.52. The van der Waals surface area contributed by atoms with Crippen LogP contribution in [0.2, 0.25) is 0 Å². The maximum absolute atomic E-state index is 6.01. The van der Waals surface area contributed by atoms with E-state index in [4.69, 9.17) is 16.3 Å². The zero-order valence-corrected chi connectivity index (χ0v) is 8.28. The smallest absolute Gasteiger partial charge is 0.0642 e. The maximum atomic E-state index is 6.01. The van der Waals surface area contributed by atoms with Crippen molar-refractivity contribution >= 4 is 11.6 Å². The summed E-state index contributed by atoms with van der Waals surface area (Å²) in [5.41, 5.74) is 0.377. The van der Waals surface area contributed by atoms with Crippen molar-refractivity contribution in [2.45, 2.75) is 44.6 Å². The fourth-order valence-corrected chi connectivity index (χ4v) is 2.84. The first-order chi connectivity index (χ1) is 5.87. The molecule has 1 heterocycles. The van der Waals surface area contributed by atoms with Gasteiger partial charge >= 0.3 is 0 Å². The van der Waals surface area contributed by atoms with E-state index in [1.54, 1.807) is 0 Å². The van der Waals surface area contributed by atoms with E-state index in [-0.39, 0.29) is 0 Å². The molecule has 1 nitrogen and oxygen atoms in total. The number of hydrogen-bond donors (Lipinski definition) is 0. The Labute approximate surface area is 79.4 Å². The summed E-state index contributed by atoms with van der Waals surface area (Å²) < 4.78 is 5.79. The summed E-state index contributed by atoms with van der Waals surface area (Å²) in [6.07, 6.45) is 8.25. The highest BCUT2D eigenvalue weighted by Gasteiger charge is 2.44. The molecule has 2 heteroatoms. The van der Waals surface area contributed by atoms with Gasteiger partial charge in [0.25, 0.3) is 0 Å². The summed E-state index contributed by atoms with van der Waals surface area (Å²) in [6, 6.07) is 0. The van der Waals surface area contributed by atoms with Gasteiger partial charge in [-0.05, 0) is 32.1 Å². The van der Waals surface area contributed by atoms with Crippen LogP contribution in [0.15, 0.2) is 0 Å². The molecule has 0 spiro atoms. The maximum Gasteiger partial charge on any atom is 0.0642 e. The van der Waals surface area contributed by atoms with E-state index in [9.17, 15) is 0 Å². The molecule has 1 aliphatic heterocycles. The second-order valence-electron chi connectivity index (χ2n) is 4.20. The Morgan fingerprint density at radius 3 is 2.50 bits per heavy atom. The summed E-state index contributed by atoms with van der Waals surface area (Å²) in [6.45, 7) is 0.962. The van der Waals surface area contributed by atoms with Gasteiger partial charge in [-0.15, -0.1) is 11.6 Å². The monoisotopic (exact) mass is 188 g/mol. The molecule has 0 amide bonds. The van der Waals surface area contributed by atoms with Crippen LogP contribution in [0.3, 0.4) is 0 Å². The van der Waals surface area contributed by atoms with Gasteiger partial charge in [0.1, 0.15) is 0 Å². The third kappa shape index (κ3) is 1.38. The predicted octanol–water partition coefficient (Wildman–Crippen LogP) is 2.96. The van der Waals surface area contributed by atoms with Gasteiger partial charge < -0.3 is 4.74 Å². The molecule has 1 saturated carbocycles. The van der Waals surface area contributed by atoms with E-state index in [0.717, 1.165) is 12.5 Å². The van der Waals surface area contributed by atoms with E-state index in [1.165, 1.54) is 38.5 Å². The lowest BCUT2D eigenvalue weighted by Crippen LogP contribution is -2.45. The Morgan fingerprint density at radius 1 is 1.25 bits per heavy atom. The molecule has 2 rings (SSSR count). The van der Waals surface area contributed by atoms with E-state index >= 15 is 0 Å². The first-order valence-electron chi connectivity index (χ1n) is 5.05. The molecule has 0 aromatic heterocycles. The molecule has 70 valence electrons. The minimum Gasteiger partial charge on any atom is -0.378 e. The van der Waals surface area contributed by atoms with Crippen molar-refractivity contribution < 1.29 is 4.74 Å². The first kappa shape index (κ1) is 8.83. The van der Waals surface area contributed by atoms with Crippen molar-refractivity contribution in [2.24, 2.45) is 5.41 Å². The summed E-state index contributed by atoms with van der Waals surface area (Å²) in [4.78, 5) is 0. The summed E-state index contributed by atoms with van der Waals surface area (Å²) in [5, 5.41) is 0. The Balaban J connectivity index is 1.95. The minimum absolute atomic E-state index is 0.377. The van der Waals surface area contributed by atoms with Crippen LogP contribution < -0.4 is 0 Å². The van der Waals surface area contributed by atoms with E-state index in [0.29, 0.717) is 11.5 Å². The van der Waals surface area contributed by atoms with Gasteiger partial charge in [-0.2, -0.15) is 0 Å². The van der Waals surface area contributed by atoms with Crippen LogP contribution in [0, 0.1) is 5.41 Å². The van der Waals surface area contributed by atoms with Crippen LogP contribution in [0.1, 0.15) is 38.5 Å². The largest absolute Gasteiger partial charge is 0.378 e. The molecule has 1 aliphatic carbocycles. The lowest BCUT2D eigenvalue weighted by Gasteiger charge is -2.47. The van der Waals surface area contributed by atoms with E-state index < -0.39 is 0 Å². The lowest BCUT2D eigenvalue weighted by molar-refractivity contribution is -0.0923. The molecule has 1 atom stereocenters. The van der Waals surface area contributed by atoms with Crippen LogP contribution in [-0.4, -0.2) is 18.6 Å². The molecular weight excluding hydrogens is 172 g/mol. The van der Waals surface area contributed by atoms with Gasteiger partial charge in [-0.1, -0.05) is 6.42 Å². The second kappa shape index (κ2) is 3.55. The molecule has 0 N–H and O–H groups in total. The molecule has 0 aromatic carbocycles. The number of alkyl halides is 1. The number of hydrogen-bond acceptors (Lipinski definition) is 1. The minimum atomic E-state index is 0.377. The Morgan fingerprint density at radius 2 is 2.08 bits per heavy atom. The standard InChI is InChI=1S/C10H17ClO/c11-8-10(5-3-6-10)9-4-1-2-7-12-9/h9H,1-8H2. The summed E-state index contributed by atoms with van der Waals surface area (Å²) in [7, 11) is 0. The van der Waals surface area contributed by atoms with Gasteiger partial charge in [0, 0.05) is 17.9 Å². The molecule has 0 bridgehead atoms. The fourth-order valence-electron chi connectivity index (χ4n) is 2.40. The number of ether oxygens (including phenoxy) is 1. The highest BCUT2D eigenvalue weighted by Crippen LogP contribution is 2.48. The molecular formula is C10H17ClO. The van der Waals surface area contributed by atoms with Gasteiger partial charge in [-0.3, -0.25) is 0 Å². The van der Waals surface area contributed by atoms with Crippen molar-refractivity contribution in [1.29, 1.82) is 0 Å². The van der Waals surface area contributed by atoms with Crippen LogP contribution in [-0.2, 0) is 4.74 Å². The lowest BCUT2D eigenvalue weighted by atomic mass is 9.65. The fraction of sp³-hybridized carbons (Fsp3) is 1.00. The van der Waals surface area contributed by atoms with Crippen molar-refractivity contribution in [1.82, 2.24) is 0 Å². The van der Waals surface area contributed by atoms with Crippen molar-refractivity contribution in [2.75, 3.05) is 12.5 Å². The van der Waals surface area contributed by atoms with Gasteiger partial charge in [0.2, 0.25) is 0 Å². The molecule has 1 saturated heterocycles. The molecule has 12 heavy (non-hydrogen) atoms. The van der Waals surface area contributed by atoms with Crippen LogP contribution in [0.25, 0.3) is 0 Å². The first-order valence-corrected chi connectivity index (χ1v) is 5.58. The van der Waals surface area contributed by atoms with Crippen LogP contribution in [0.4, 0.5) is 0 Å². The SMILES string of the molecule is ClCC1(C2CCCCO2)CCC1. The van der Waals surface area contributed by atoms with E-state index in [1.807, 2.05) is 0 Å². The predicted molar refractivity (Wildman–Crippen MR) is 50.6 cm³/mol. The normalized spacial score (nSPS) is 34.2. The van der Waals surface area contributed by atoms with E-state index in [2.05, 4.69) is 0 Å². The highest BCUT2D eigenvalue weighted by atomic mass is 35.5. The molecule has 1 unspecified atom stereocenters. The van der Waals surface area contributed by atoms with Gasteiger partial charge in [0.05, 0.1) is 6.10 Å². The average molecular weight is 189 g/mol. The van der Waals surface area contributed by atoms with Crippen molar-refractivity contribution in [3.8, 4) is 0 Å². The topological polar surface area (TPSA) is 9.23 Å². The number of rotatable bonds is 2. The quantitative estimate of drug-likeness (QED) is 0.606. The molecule has 2 fully saturated rings. The van der Waals surface area contributed by atoms with Crippen molar-refractivity contribution in [3.05, 3.63) is 0 Å². The van der Waals surface area contributed by atoms with Crippen molar-refractivity contribution in [3.63, 3.8) is 0 Å². The Bertz CT molecular complexity index is 142. The summed E-state index contributed by atoms with van der Waals surface area (Å²) in [5.74, 6) is 0.803. The van der Waals surface area contributed by atoms with Crippen LogP contribution in [0.5, 0.6) is 0 Å². The molecule has 0 radical (unpaired) electrons. The third-order valence-electron chi connectivity index (χ3n) is 3.48. The second-order valence-corrected chi connectivity index (χ2v) is 4.47. The number of halogens is 1. The zero-order chi connectivity index (χ0) is 8.44. The van der Waals surface area contributed by atoms with Gasteiger partial charge in [0.15, 0.2) is 0 Å². The molecule has 0 aromatic rings. The summed E-state index contributed by atoms with van der Waals surface area (Å²) >= 11 is 6.01. The average Bonchev–Trinajstić information content (AvgIpc) is 2.05. The van der Waals surface area contributed by atoms with Crippen LogP contribution >= 0.6 is 11.6 Å².